The largest absolute Gasteiger partial charge is 0.416 e. The van der Waals surface area contributed by atoms with Crippen LogP contribution in [0, 0.1) is 0 Å². The summed E-state index contributed by atoms with van der Waals surface area (Å²) in [4.78, 5) is 11.0. The van der Waals surface area contributed by atoms with Gasteiger partial charge in [-0.15, -0.1) is 0 Å². The molecule has 0 spiro atoms. The van der Waals surface area contributed by atoms with Crippen LogP contribution in [-0.4, -0.2) is 16.5 Å². The predicted octanol–water partition coefficient (Wildman–Crippen LogP) is 2.74. The molecule has 6 heteroatoms. The fourth-order valence-electron chi connectivity index (χ4n) is 1.79. The van der Waals surface area contributed by atoms with Gasteiger partial charge < -0.3 is 0 Å². The van der Waals surface area contributed by atoms with Gasteiger partial charge in [-0.3, -0.25) is 4.79 Å². The van der Waals surface area contributed by atoms with Gasteiger partial charge in [-0.25, -0.2) is 0 Å². The third-order valence-electron chi connectivity index (χ3n) is 2.64. The van der Waals surface area contributed by atoms with E-state index in [2.05, 4.69) is 10.2 Å². The Bertz CT molecular complexity index is 570. The third kappa shape index (κ3) is 2.78. The number of nitrogens with zero attached hydrogens (tertiary/aromatic N) is 2. The van der Waals surface area contributed by atoms with E-state index in [4.69, 9.17) is 0 Å². The Labute approximate surface area is 107 Å². The summed E-state index contributed by atoms with van der Waals surface area (Å²) in [5.41, 5.74) is -0.667. The molecular weight excluding hydrogens is 257 g/mol. The van der Waals surface area contributed by atoms with Crippen LogP contribution in [0.1, 0.15) is 22.6 Å². The van der Waals surface area contributed by atoms with E-state index in [1.807, 2.05) is 0 Å². The molecular formula is C13H8F3N2O. The van der Waals surface area contributed by atoms with Gasteiger partial charge in [0.2, 0.25) is 6.29 Å². The summed E-state index contributed by atoms with van der Waals surface area (Å²) < 4.78 is 38.7. The molecule has 19 heavy (non-hydrogen) atoms. The quantitative estimate of drug-likeness (QED) is 0.857. The summed E-state index contributed by atoms with van der Waals surface area (Å²) in [5, 5.41) is 7.09. The van der Waals surface area contributed by atoms with Crippen molar-refractivity contribution in [1.29, 1.82) is 0 Å². The Hall–Kier alpha value is -2.24. The van der Waals surface area contributed by atoms with Crippen LogP contribution < -0.4 is 0 Å². The first-order valence-electron chi connectivity index (χ1n) is 5.34. The average Bonchev–Trinajstić information content (AvgIpc) is 2.40. The fourth-order valence-corrected chi connectivity index (χ4v) is 1.79. The van der Waals surface area contributed by atoms with Crippen molar-refractivity contribution < 1.29 is 18.0 Å². The Kier molecular flexibility index (Phi) is 3.59. The van der Waals surface area contributed by atoms with Gasteiger partial charge in [0.05, 0.1) is 17.7 Å². The zero-order valence-electron chi connectivity index (χ0n) is 9.56. The molecule has 1 aromatic heterocycles. The van der Waals surface area contributed by atoms with Crippen molar-refractivity contribution in [3.05, 3.63) is 59.4 Å². The third-order valence-corrected chi connectivity index (χ3v) is 2.64. The van der Waals surface area contributed by atoms with Gasteiger partial charge in [0.25, 0.3) is 0 Å². The molecule has 1 atom stereocenters. The maximum Gasteiger partial charge on any atom is 0.416 e. The second-order valence-electron chi connectivity index (χ2n) is 3.81. The smallest absolute Gasteiger partial charge is 0.290 e. The molecule has 0 saturated carbocycles. The Morgan fingerprint density at radius 2 is 1.84 bits per heavy atom. The number of benzene rings is 1. The molecule has 1 heterocycles. The van der Waals surface area contributed by atoms with E-state index < -0.39 is 17.7 Å². The molecule has 2 rings (SSSR count). The summed E-state index contributed by atoms with van der Waals surface area (Å²) >= 11 is 0. The predicted molar refractivity (Wildman–Crippen MR) is 61.0 cm³/mol. The van der Waals surface area contributed by atoms with Crippen molar-refractivity contribution >= 4 is 6.29 Å². The van der Waals surface area contributed by atoms with E-state index in [0.717, 1.165) is 6.07 Å². The van der Waals surface area contributed by atoms with Gasteiger partial charge in [-0.05, 0) is 23.3 Å². The lowest BCUT2D eigenvalue weighted by Crippen LogP contribution is -2.13. The molecule has 0 bridgehead atoms. The van der Waals surface area contributed by atoms with E-state index in [9.17, 15) is 18.0 Å². The summed E-state index contributed by atoms with van der Waals surface area (Å²) in [7, 11) is 0. The zero-order valence-corrected chi connectivity index (χ0v) is 9.56. The van der Waals surface area contributed by atoms with Gasteiger partial charge in [0.1, 0.15) is 0 Å². The van der Waals surface area contributed by atoms with Crippen molar-refractivity contribution in [3.8, 4) is 0 Å². The lowest BCUT2D eigenvalue weighted by Gasteiger charge is -2.16. The molecule has 0 N–H and O–H groups in total. The Balaban J connectivity index is 2.54. The molecule has 0 amide bonds. The standard InChI is InChI=1S/C13H8F3N2O/c14-13(15,16)12-4-2-1-3-10(12)11(8-19)9-5-6-17-18-7-9/h1-7,11H. The minimum Gasteiger partial charge on any atom is -0.290 e. The first kappa shape index (κ1) is 13.2. The number of hydrogen-bond donors (Lipinski definition) is 0. The van der Waals surface area contributed by atoms with Gasteiger partial charge in [-0.1, -0.05) is 18.2 Å². The maximum atomic E-state index is 12.9. The van der Waals surface area contributed by atoms with Crippen LogP contribution in [0.2, 0.25) is 0 Å². The molecule has 97 valence electrons. The van der Waals surface area contributed by atoms with Gasteiger partial charge in [0, 0.05) is 6.20 Å². The summed E-state index contributed by atoms with van der Waals surface area (Å²) in [5.74, 6) is -1.13. The molecule has 0 fully saturated rings. The number of carbonyl (C=O) groups excluding carboxylic acids is 1. The van der Waals surface area contributed by atoms with Crippen molar-refractivity contribution in [3.63, 3.8) is 0 Å². The lowest BCUT2D eigenvalue weighted by molar-refractivity contribution is -0.138. The van der Waals surface area contributed by atoms with Gasteiger partial charge in [-0.2, -0.15) is 23.4 Å². The minimum absolute atomic E-state index is 0.141. The van der Waals surface area contributed by atoms with Crippen molar-refractivity contribution in [1.82, 2.24) is 10.2 Å². The zero-order chi connectivity index (χ0) is 13.9. The van der Waals surface area contributed by atoms with Gasteiger partial charge >= 0.3 is 6.18 Å². The van der Waals surface area contributed by atoms with E-state index in [1.165, 1.54) is 36.7 Å². The van der Waals surface area contributed by atoms with Crippen LogP contribution in [0.3, 0.4) is 0 Å². The maximum absolute atomic E-state index is 12.9. The molecule has 1 aromatic carbocycles. The molecule has 0 aliphatic rings. The van der Waals surface area contributed by atoms with E-state index in [-0.39, 0.29) is 5.56 Å². The van der Waals surface area contributed by atoms with Crippen LogP contribution >= 0.6 is 0 Å². The molecule has 0 aliphatic heterocycles. The molecule has 1 unspecified atom stereocenters. The van der Waals surface area contributed by atoms with Crippen LogP contribution in [0.5, 0.6) is 0 Å². The van der Waals surface area contributed by atoms with E-state index in [1.54, 1.807) is 6.29 Å². The van der Waals surface area contributed by atoms with Crippen LogP contribution in [0.25, 0.3) is 0 Å². The average molecular weight is 265 g/mol. The first-order valence-corrected chi connectivity index (χ1v) is 5.34. The van der Waals surface area contributed by atoms with Crippen molar-refractivity contribution in [2.75, 3.05) is 0 Å². The molecule has 1 radical (unpaired) electrons. The highest BCUT2D eigenvalue weighted by atomic mass is 19.4. The molecule has 0 saturated heterocycles. The molecule has 0 aliphatic carbocycles. The highest BCUT2D eigenvalue weighted by Crippen LogP contribution is 2.36. The fraction of sp³-hybridized carbons (Fsp3) is 0.154. The highest BCUT2D eigenvalue weighted by Gasteiger charge is 2.35. The number of rotatable bonds is 3. The number of halogens is 3. The van der Waals surface area contributed by atoms with Crippen molar-refractivity contribution in [2.24, 2.45) is 0 Å². The topological polar surface area (TPSA) is 42.9 Å². The molecule has 3 nitrogen and oxygen atoms in total. The summed E-state index contributed by atoms with van der Waals surface area (Å²) in [6.45, 7) is 0. The monoisotopic (exact) mass is 265 g/mol. The summed E-state index contributed by atoms with van der Waals surface area (Å²) in [6.07, 6.45) is -0.324. The van der Waals surface area contributed by atoms with Crippen LogP contribution in [0.15, 0.2) is 42.7 Å². The second-order valence-corrected chi connectivity index (χ2v) is 3.81. The second kappa shape index (κ2) is 5.17. The van der Waals surface area contributed by atoms with E-state index in [0.29, 0.717) is 5.56 Å². The highest BCUT2D eigenvalue weighted by molar-refractivity contribution is 5.69. The SMILES string of the molecule is O=[C]C(c1ccnnc1)c1ccccc1C(F)(F)F. The first-order chi connectivity index (χ1) is 9.04. The number of aromatic nitrogens is 2. The summed E-state index contributed by atoms with van der Waals surface area (Å²) in [6, 6.07) is 6.37. The number of hydrogen-bond acceptors (Lipinski definition) is 3. The molecule has 2 aromatic rings. The van der Waals surface area contributed by atoms with Gasteiger partial charge in [0.15, 0.2) is 0 Å². The van der Waals surface area contributed by atoms with Crippen molar-refractivity contribution in [2.45, 2.75) is 12.1 Å². The van der Waals surface area contributed by atoms with Crippen LogP contribution in [0.4, 0.5) is 13.2 Å². The Morgan fingerprint density at radius 1 is 1.11 bits per heavy atom. The number of alkyl halides is 3. The Morgan fingerprint density at radius 3 is 2.42 bits per heavy atom. The van der Waals surface area contributed by atoms with E-state index >= 15 is 0 Å². The normalized spacial score (nSPS) is 13.0. The minimum atomic E-state index is -4.52. The van der Waals surface area contributed by atoms with Crippen LogP contribution in [-0.2, 0) is 11.0 Å². The lowest BCUT2D eigenvalue weighted by atomic mass is 9.90.